The summed E-state index contributed by atoms with van der Waals surface area (Å²) in [6.07, 6.45) is 0. The van der Waals surface area contributed by atoms with Crippen LogP contribution in [0, 0.1) is 0 Å². The third kappa shape index (κ3) is 4.07. The van der Waals surface area contributed by atoms with Crippen LogP contribution in [0.1, 0.15) is 22.3 Å². The van der Waals surface area contributed by atoms with Crippen LogP contribution in [0.3, 0.4) is 0 Å². The first kappa shape index (κ1) is 27.7. The van der Waals surface area contributed by atoms with Crippen molar-refractivity contribution in [2.75, 3.05) is 4.90 Å². The van der Waals surface area contributed by atoms with Gasteiger partial charge in [0.15, 0.2) is 0 Å². The summed E-state index contributed by atoms with van der Waals surface area (Å²) in [5.74, 6) is 1.81. The van der Waals surface area contributed by atoms with E-state index in [0.29, 0.717) is 0 Å². The number of para-hydroxylation sites is 2. The van der Waals surface area contributed by atoms with Gasteiger partial charge in [0.2, 0.25) is 0 Å². The molecule has 0 fully saturated rings. The van der Waals surface area contributed by atoms with Crippen LogP contribution in [0.2, 0.25) is 0 Å². The van der Waals surface area contributed by atoms with Crippen LogP contribution < -0.4 is 9.64 Å². The van der Waals surface area contributed by atoms with Gasteiger partial charge in [-0.05, 0) is 92.7 Å². The van der Waals surface area contributed by atoms with Crippen LogP contribution in [0.15, 0.2) is 188 Å². The van der Waals surface area contributed by atoms with Gasteiger partial charge in [-0.1, -0.05) is 140 Å². The number of fused-ring (bicyclic) bond motifs is 11. The largest absolute Gasteiger partial charge is 0.457 e. The number of hydrogen-bond acceptors (Lipinski definition) is 2. The second-order valence-electron chi connectivity index (χ2n) is 12.9. The van der Waals surface area contributed by atoms with Crippen molar-refractivity contribution in [1.82, 2.24) is 0 Å². The molecule has 0 aromatic heterocycles. The number of rotatable bonds is 4. The third-order valence-electron chi connectivity index (χ3n) is 10.3. The van der Waals surface area contributed by atoms with E-state index in [1.807, 2.05) is 0 Å². The highest BCUT2D eigenvalue weighted by Gasteiger charge is 2.51. The predicted octanol–water partition coefficient (Wildman–Crippen LogP) is 12.4. The van der Waals surface area contributed by atoms with Gasteiger partial charge in [0.05, 0.1) is 5.41 Å². The minimum absolute atomic E-state index is 0.537. The first-order chi connectivity index (χ1) is 24.3. The Labute approximate surface area is 286 Å². The fourth-order valence-corrected chi connectivity index (χ4v) is 8.27. The van der Waals surface area contributed by atoms with Gasteiger partial charge >= 0.3 is 0 Å². The van der Waals surface area contributed by atoms with E-state index >= 15 is 0 Å². The summed E-state index contributed by atoms with van der Waals surface area (Å²) in [7, 11) is 0. The van der Waals surface area contributed by atoms with Crippen LogP contribution in [-0.4, -0.2) is 0 Å². The topological polar surface area (TPSA) is 12.5 Å². The summed E-state index contributed by atoms with van der Waals surface area (Å²) in [5.41, 5.74) is 12.7. The Bertz CT molecular complexity index is 2520. The summed E-state index contributed by atoms with van der Waals surface area (Å²) in [6.45, 7) is 0. The molecule has 10 rings (SSSR count). The van der Waals surface area contributed by atoms with Crippen molar-refractivity contribution in [3.05, 3.63) is 210 Å². The predicted molar refractivity (Wildman–Crippen MR) is 201 cm³/mol. The van der Waals surface area contributed by atoms with Crippen LogP contribution in [0.4, 0.5) is 17.1 Å². The maximum absolute atomic E-state index is 6.71. The standard InChI is InChI=1S/C47H31NO/c1-3-13-32(14-4-1)33-23-26-36(27-24-33)48(35-16-5-2-6-17-35)37-28-29-42-40(31-37)39-19-9-10-20-41(39)47(42)43-21-11-12-22-44(43)49-45-30-25-34-15-7-8-18-38(34)46(45)47/h1-31H. The molecule has 0 bridgehead atoms. The number of anilines is 3. The lowest BCUT2D eigenvalue weighted by Gasteiger charge is -2.40. The zero-order valence-electron chi connectivity index (χ0n) is 26.8. The molecule has 1 aliphatic heterocycles. The molecule has 49 heavy (non-hydrogen) atoms. The molecule has 0 amide bonds. The number of nitrogens with zero attached hydrogens (tertiary/aromatic N) is 1. The summed E-state index contributed by atoms with van der Waals surface area (Å²) in [6, 6.07) is 67.8. The molecule has 1 heterocycles. The van der Waals surface area contributed by atoms with Gasteiger partial charge in [0.25, 0.3) is 0 Å². The smallest absolute Gasteiger partial charge is 0.132 e. The van der Waals surface area contributed by atoms with Crippen LogP contribution in [-0.2, 0) is 5.41 Å². The highest BCUT2D eigenvalue weighted by atomic mass is 16.5. The molecular weight excluding hydrogens is 595 g/mol. The van der Waals surface area contributed by atoms with Crippen molar-refractivity contribution in [1.29, 1.82) is 0 Å². The van der Waals surface area contributed by atoms with Gasteiger partial charge in [0, 0.05) is 28.2 Å². The molecule has 0 radical (unpaired) electrons. The fraction of sp³-hybridized carbons (Fsp3) is 0.0213. The van der Waals surface area contributed by atoms with E-state index in [-0.39, 0.29) is 0 Å². The Balaban J connectivity index is 1.22. The van der Waals surface area contributed by atoms with Crippen molar-refractivity contribution in [2.24, 2.45) is 0 Å². The van der Waals surface area contributed by atoms with E-state index in [9.17, 15) is 0 Å². The summed E-state index contributed by atoms with van der Waals surface area (Å²) in [4.78, 5) is 2.37. The van der Waals surface area contributed by atoms with Crippen LogP contribution in [0.5, 0.6) is 11.5 Å². The van der Waals surface area contributed by atoms with Crippen molar-refractivity contribution >= 4 is 27.8 Å². The first-order valence-electron chi connectivity index (χ1n) is 16.9. The van der Waals surface area contributed by atoms with Crippen molar-refractivity contribution in [2.45, 2.75) is 5.41 Å². The molecule has 0 saturated heterocycles. The molecule has 1 spiro atoms. The lowest BCUT2D eigenvalue weighted by atomic mass is 9.65. The molecular formula is C47H31NO. The fourth-order valence-electron chi connectivity index (χ4n) is 8.27. The third-order valence-corrected chi connectivity index (χ3v) is 10.3. The molecule has 2 aliphatic rings. The average Bonchev–Trinajstić information content (AvgIpc) is 3.46. The average molecular weight is 626 g/mol. The van der Waals surface area contributed by atoms with Crippen LogP contribution >= 0.6 is 0 Å². The summed E-state index contributed by atoms with van der Waals surface area (Å²) in [5, 5.41) is 2.42. The van der Waals surface area contributed by atoms with Crippen molar-refractivity contribution < 1.29 is 4.74 Å². The van der Waals surface area contributed by atoms with Crippen molar-refractivity contribution in [3.63, 3.8) is 0 Å². The molecule has 0 saturated carbocycles. The monoisotopic (exact) mass is 625 g/mol. The van der Waals surface area contributed by atoms with E-state index in [1.165, 1.54) is 55.3 Å². The molecule has 0 N–H and O–H groups in total. The quantitative estimate of drug-likeness (QED) is 0.193. The Morgan fingerprint density at radius 2 is 1.00 bits per heavy atom. The number of ether oxygens (including phenoxy) is 1. The Morgan fingerprint density at radius 3 is 1.84 bits per heavy atom. The highest BCUT2D eigenvalue weighted by molar-refractivity contribution is 5.98. The molecule has 8 aromatic carbocycles. The van der Waals surface area contributed by atoms with Gasteiger partial charge in [-0.15, -0.1) is 0 Å². The molecule has 8 aromatic rings. The van der Waals surface area contributed by atoms with Gasteiger partial charge in [-0.25, -0.2) is 0 Å². The molecule has 230 valence electrons. The SMILES string of the molecule is c1ccc(-c2ccc(N(c3ccccc3)c3ccc4c(c3)-c3ccccc3C43c4ccccc4Oc4ccc5ccccc5c43)cc2)cc1. The van der Waals surface area contributed by atoms with E-state index in [0.717, 1.165) is 28.6 Å². The number of hydrogen-bond donors (Lipinski definition) is 0. The van der Waals surface area contributed by atoms with E-state index in [2.05, 4.69) is 193 Å². The Morgan fingerprint density at radius 1 is 0.388 bits per heavy atom. The summed E-state index contributed by atoms with van der Waals surface area (Å²) >= 11 is 0. The minimum Gasteiger partial charge on any atom is -0.457 e. The lowest BCUT2D eigenvalue weighted by Crippen LogP contribution is -2.32. The van der Waals surface area contributed by atoms with Crippen LogP contribution in [0.25, 0.3) is 33.0 Å². The van der Waals surface area contributed by atoms with Gasteiger partial charge in [0.1, 0.15) is 11.5 Å². The molecule has 2 nitrogen and oxygen atoms in total. The second-order valence-corrected chi connectivity index (χ2v) is 12.9. The molecule has 1 atom stereocenters. The molecule has 1 unspecified atom stereocenters. The van der Waals surface area contributed by atoms with E-state index in [1.54, 1.807) is 0 Å². The highest BCUT2D eigenvalue weighted by Crippen LogP contribution is 2.63. The van der Waals surface area contributed by atoms with E-state index < -0.39 is 5.41 Å². The zero-order chi connectivity index (χ0) is 32.4. The summed E-state index contributed by atoms with van der Waals surface area (Å²) < 4.78 is 6.71. The Hall–Kier alpha value is -6.38. The zero-order valence-corrected chi connectivity index (χ0v) is 26.8. The van der Waals surface area contributed by atoms with Gasteiger partial charge in [-0.2, -0.15) is 0 Å². The minimum atomic E-state index is -0.537. The first-order valence-corrected chi connectivity index (χ1v) is 16.9. The lowest BCUT2D eigenvalue weighted by molar-refractivity contribution is 0.438. The molecule has 1 aliphatic carbocycles. The van der Waals surface area contributed by atoms with Crippen molar-refractivity contribution in [3.8, 4) is 33.8 Å². The Kier molecular flexibility index (Phi) is 6.13. The van der Waals surface area contributed by atoms with Gasteiger partial charge < -0.3 is 9.64 Å². The number of benzene rings is 8. The normalized spacial score (nSPS) is 15.2. The van der Waals surface area contributed by atoms with Gasteiger partial charge in [-0.3, -0.25) is 0 Å². The maximum Gasteiger partial charge on any atom is 0.132 e. The second kappa shape index (κ2) is 10.8. The molecule has 2 heteroatoms. The maximum atomic E-state index is 6.71. The van der Waals surface area contributed by atoms with E-state index in [4.69, 9.17) is 4.74 Å².